The summed E-state index contributed by atoms with van der Waals surface area (Å²) in [7, 11) is 0. The van der Waals surface area contributed by atoms with Gasteiger partial charge in [-0.2, -0.15) is 0 Å². The van der Waals surface area contributed by atoms with Gasteiger partial charge in [-0.15, -0.1) is 0 Å². The molecule has 1 heterocycles. The van der Waals surface area contributed by atoms with Crippen LogP contribution < -0.4 is 10.1 Å². The zero-order valence-corrected chi connectivity index (χ0v) is 11.1. The van der Waals surface area contributed by atoms with E-state index < -0.39 is 5.24 Å². The lowest BCUT2D eigenvalue weighted by atomic mass is 10.0. The molecule has 2 rings (SSSR count). The number of rotatable bonds is 5. The Balaban J connectivity index is 1.74. The number of piperidine rings is 1. The molecular weight excluding hydrogens is 250 g/mol. The molecule has 98 valence electrons. The lowest BCUT2D eigenvalue weighted by Crippen LogP contribution is -2.35. The van der Waals surface area contributed by atoms with Gasteiger partial charge in [-0.1, -0.05) is 6.42 Å². The van der Waals surface area contributed by atoms with E-state index in [0.29, 0.717) is 18.2 Å². The second-order valence-electron chi connectivity index (χ2n) is 4.58. The summed E-state index contributed by atoms with van der Waals surface area (Å²) in [4.78, 5) is 10.9. The fraction of sp³-hybridized carbons (Fsp3) is 0.500. The Morgan fingerprint density at radius 1 is 1.33 bits per heavy atom. The van der Waals surface area contributed by atoms with Gasteiger partial charge >= 0.3 is 0 Å². The normalized spacial score (nSPS) is 19.5. The summed E-state index contributed by atoms with van der Waals surface area (Å²) in [6, 6.07) is 7.52. The third-order valence-corrected chi connectivity index (χ3v) is 3.45. The Kier molecular flexibility index (Phi) is 5.02. The lowest BCUT2D eigenvalue weighted by molar-refractivity contribution is 0.108. The molecule has 1 aliphatic rings. The maximum atomic E-state index is 10.9. The number of hydrogen-bond donors (Lipinski definition) is 1. The molecule has 1 aromatic carbocycles. The molecule has 1 N–H and O–H groups in total. The summed E-state index contributed by atoms with van der Waals surface area (Å²) < 4.78 is 5.65. The molecule has 0 amide bonds. The van der Waals surface area contributed by atoms with Crippen molar-refractivity contribution in [3.05, 3.63) is 29.8 Å². The van der Waals surface area contributed by atoms with Gasteiger partial charge in [0, 0.05) is 11.6 Å². The highest BCUT2D eigenvalue weighted by Crippen LogP contribution is 2.15. The van der Waals surface area contributed by atoms with Crippen molar-refractivity contribution in [1.82, 2.24) is 5.32 Å². The van der Waals surface area contributed by atoms with Crippen molar-refractivity contribution in [1.29, 1.82) is 0 Å². The zero-order chi connectivity index (χ0) is 12.8. The van der Waals surface area contributed by atoms with Gasteiger partial charge in [-0.25, -0.2) is 0 Å². The summed E-state index contributed by atoms with van der Waals surface area (Å²) in [6.07, 6.45) is 4.86. The smallest absolute Gasteiger partial charge is 0.252 e. The van der Waals surface area contributed by atoms with Crippen molar-refractivity contribution in [3.8, 4) is 5.75 Å². The van der Waals surface area contributed by atoms with Crippen molar-refractivity contribution in [3.63, 3.8) is 0 Å². The molecule has 0 saturated carbocycles. The van der Waals surface area contributed by atoms with E-state index in [1.807, 2.05) is 0 Å². The van der Waals surface area contributed by atoms with E-state index in [-0.39, 0.29) is 0 Å². The third kappa shape index (κ3) is 4.00. The molecule has 1 aromatic rings. The van der Waals surface area contributed by atoms with Crippen molar-refractivity contribution in [2.24, 2.45) is 0 Å². The van der Waals surface area contributed by atoms with Crippen LogP contribution in [-0.4, -0.2) is 24.4 Å². The van der Waals surface area contributed by atoms with Crippen molar-refractivity contribution in [2.75, 3.05) is 13.2 Å². The largest absolute Gasteiger partial charge is 0.494 e. The number of carbonyl (C=O) groups is 1. The Bertz CT molecular complexity index is 385. The van der Waals surface area contributed by atoms with Crippen LogP contribution in [0.4, 0.5) is 0 Å². The molecule has 18 heavy (non-hydrogen) atoms. The van der Waals surface area contributed by atoms with Crippen molar-refractivity contribution >= 4 is 16.8 Å². The fourth-order valence-corrected chi connectivity index (χ4v) is 2.30. The molecule has 1 fully saturated rings. The summed E-state index contributed by atoms with van der Waals surface area (Å²) in [6.45, 7) is 1.82. The summed E-state index contributed by atoms with van der Waals surface area (Å²) in [5.41, 5.74) is 0.498. The SMILES string of the molecule is O=C(Cl)c1ccc(OCCC2CCCCN2)cc1. The van der Waals surface area contributed by atoms with Crippen LogP contribution in [0.5, 0.6) is 5.75 Å². The lowest BCUT2D eigenvalue weighted by Gasteiger charge is -2.23. The fourth-order valence-electron chi connectivity index (χ4n) is 2.17. The van der Waals surface area contributed by atoms with Gasteiger partial charge in [0.1, 0.15) is 5.75 Å². The van der Waals surface area contributed by atoms with E-state index in [0.717, 1.165) is 18.7 Å². The molecule has 0 spiro atoms. The predicted octanol–water partition coefficient (Wildman–Crippen LogP) is 2.98. The third-order valence-electron chi connectivity index (χ3n) is 3.23. The van der Waals surface area contributed by atoms with Crippen LogP contribution in [0.25, 0.3) is 0 Å². The highest BCUT2D eigenvalue weighted by Gasteiger charge is 2.12. The standard InChI is InChI=1S/C14H18ClNO2/c15-14(17)11-4-6-13(7-5-11)18-10-8-12-3-1-2-9-16-12/h4-7,12,16H,1-3,8-10H2. The van der Waals surface area contributed by atoms with E-state index in [1.165, 1.54) is 19.3 Å². The molecule has 4 heteroatoms. The van der Waals surface area contributed by atoms with Gasteiger partial charge in [0.05, 0.1) is 6.61 Å². The molecule has 0 aliphatic carbocycles. The van der Waals surface area contributed by atoms with Crippen LogP contribution >= 0.6 is 11.6 Å². The Labute approximate surface area is 112 Å². The van der Waals surface area contributed by atoms with E-state index in [4.69, 9.17) is 16.3 Å². The molecule has 1 aliphatic heterocycles. The van der Waals surface area contributed by atoms with Crippen LogP contribution in [-0.2, 0) is 0 Å². The highest BCUT2D eigenvalue weighted by molar-refractivity contribution is 6.67. The van der Waals surface area contributed by atoms with E-state index in [9.17, 15) is 4.79 Å². The van der Waals surface area contributed by atoms with Crippen LogP contribution in [0.15, 0.2) is 24.3 Å². The Morgan fingerprint density at radius 3 is 2.72 bits per heavy atom. The molecule has 1 unspecified atom stereocenters. The molecule has 0 bridgehead atoms. The number of hydrogen-bond acceptors (Lipinski definition) is 3. The van der Waals surface area contributed by atoms with E-state index in [1.54, 1.807) is 24.3 Å². The zero-order valence-electron chi connectivity index (χ0n) is 10.3. The molecular formula is C14H18ClNO2. The van der Waals surface area contributed by atoms with Gasteiger partial charge in [-0.05, 0) is 61.7 Å². The summed E-state index contributed by atoms with van der Waals surface area (Å²) >= 11 is 5.37. The molecule has 0 radical (unpaired) electrons. The first kappa shape index (κ1) is 13.4. The molecule has 3 nitrogen and oxygen atoms in total. The van der Waals surface area contributed by atoms with Gasteiger partial charge in [0.25, 0.3) is 5.24 Å². The Hall–Kier alpha value is -1.06. The number of halogens is 1. The van der Waals surface area contributed by atoms with Gasteiger partial charge < -0.3 is 10.1 Å². The number of nitrogens with one attached hydrogen (secondary N) is 1. The number of carbonyl (C=O) groups excluding carboxylic acids is 1. The second kappa shape index (κ2) is 6.76. The average molecular weight is 268 g/mol. The first-order valence-corrected chi connectivity index (χ1v) is 6.79. The van der Waals surface area contributed by atoms with Gasteiger partial charge in [-0.3, -0.25) is 4.79 Å². The highest BCUT2D eigenvalue weighted by atomic mass is 35.5. The minimum Gasteiger partial charge on any atom is -0.494 e. The van der Waals surface area contributed by atoms with Crippen LogP contribution in [0, 0.1) is 0 Å². The van der Waals surface area contributed by atoms with E-state index >= 15 is 0 Å². The summed E-state index contributed by atoms with van der Waals surface area (Å²) in [5.74, 6) is 0.785. The van der Waals surface area contributed by atoms with E-state index in [2.05, 4.69) is 5.32 Å². The average Bonchev–Trinajstić information content (AvgIpc) is 2.40. The summed E-state index contributed by atoms with van der Waals surface area (Å²) in [5, 5.41) is 3.05. The first-order valence-electron chi connectivity index (χ1n) is 6.42. The van der Waals surface area contributed by atoms with Gasteiger partial charge in [0.15, 0.2) is 0 Å². The molecule has 1 saturated heterocycles. The second-order valence-corrected chi connectivity index (χ2v) is 4.93. The maximum Gasteiger partial charge on any atom is 0.252 e. The number of benzene rings is 1. The van der Waals surface area contributed by atoms with Crippen LogP contribution in [0.3, 0.4) is 0 Å². The Morgan fingerprint density at radius 2 is 2.11 bits per heavy atom. The monoisotopic (exact) mass is 267 g/mol. The molecule has 1 atom stereocenters. The quantitative estimate of drug-likeness (QED) is 0.834. The predicted molar refractivity (Wildman–Crippen MR) is 72.4 cm³/mol. The maximum absolute atomic E-state index is 10.9. The molecule has 0 aromatic heterocycles. The number of ether oxygens (including phenoxy) is 1. The van der Waals surface area contributed by atoms with Gasteiger partial charge in [0.2, 0.25) is 0 Å². The van der Waals surface area contributed by atoms with Crippen molar-refractivity contribution in [2.45, 2.75) is 31.7 Å². The topological polar surface area (TPSA) is 38.3 Å². The van der Waals surface area contributed by atoms with Crippen LogP contribution in [0.1, 0.15) is 36.0 Å². The van der Waals surface area contributed by atoms with Crippen molar-refractivity contribution < 1.29 is 9.53 Å². The van der Waals surface area contributed by atoms with Crippen LogP contribution in [0.2, 0.25) is 0 Å². The first-order chi connectivity index (χ1) is 8.75. The minimum absolute atomic E-state index is 0.437. The minimum atomic E-state index is -0.437.